The van der Waals surface area contributed by atoms with E-state index in [-0.39, 0.29) is 5.54 Å². The van der Waals surface area contributed by atoms with Gasteiger partial charge in [0.25, 0.3) is 0 Å². The summed E-state index contributed by atoms with van der Waals surface area (Å²) in [5, 5.41) is 13.0. The Balaban J connectivity index is 2.11. The monoisotopic (exact) mass is 325 g/mol. The van der Waals surface area contributed by atoms with Crippen LogP contribution in [0.15, 0.2) is 12.1 Å². The number of hydrogen-bond donors (Lipinski definition) is 1. The average molecular weight is 326 g/mol. The second-order valence-corrected chi connectivity index (χ2v) is 6.62. The number of nitrogens with two attached hydrogens (primary N) is 1. The molecule has 0 radical (unpaired) electrons. The van der Waals surface area contributed by atoms with Crippen LogP contribution >= 0.6 is 23.2 Å². The van der Waals surface area contributed by atoms with Crippen molar-refractivity contribution in [2.45, 2.75) is 44.6 Å². The summed E-state index contributed by atoms with van der Waals surface area (Å²) in [7, 11) is 0. The first-order valence-electron chi connectivity index (χ1n) is 7.05. The van der Waals surface area contributed by atoms with Crippen LogP contribution in [-0.2, 0) is 5.54 Å². The van der Waals surface area contributed by atoms with Gasteiger partial charge in [-0.05, 0) is 42.3 Å². The first-order valence-corrected chi connectivity index (χ1v) is 7.81. The summed E-state index contributed by atoms with van der Waals surface area (Å²) in [6.45, 7) is 2.19. The average Bonchev–Trinajstić information content (AvgIpc) is 2.93. The lowest BCUT2D eigenvalue weighted by atomic mass is 9.83. The highest BCUT2D eigenvalue weighted by atomic mass is 35.5. The van der Waals surface area contributed by atoms with Gasteiger partial charge in [-0.3, -0.25) is 0 Å². The van der Waals surface area contributed by atoms with Crippen LogP contribution in [0.1, 0.15) is 39.0 Å². The van der Waals surface area contributed by atoms with Gasteiger partial charge in [-0.25, -0.2) is 4.68 Å². The lowest BCUT2D eigenvalue weighted by Gasteiger charge is -2.34. The lowest BCUT2D eigenvalue weighted by Crippen LogP contribution is -2.34. The van der Waals surface area contributed by atoms with Gasteiger partial charge in [-0.2, -0.15) is 0 Å². The highest BCUT2D eigenvalue weighted by molar-refractivity contribution is 6.43. The number of halogens is 2. The molecule has 7 heteroatoms. The molecule has 0 amide bonds. The molecule has 5 nitrogen and oxygen atoms in total. The van der Waals surface area contributed by atoms with E-state index < -0.39 is 0 Å². The van der Waals surface area contributed by atoms with E-state index in [4.69, 9.17) is 28.9 Å². The normalized spacial score (nSPS) is 17.9. The minimum atomic E-state index is -0.0858. The number of rotatable bonds is 2. The summed E-state index contributed by atoms with van der Waals surface area (Å²) in [6.07, 6.45) is 5.73. The van der Waals surface area contributed by atoms with Gasteiger partial charge in [0.15, 0.2) is 5.82 Å². The van der Waals surface area contributed by atoms with E-state index in [0.29, 0.717) is 27.1 Å². The maximum Gasteiger partial charge on any atom is 0.184 e. The fourth-order valence-corrected chi connectivity index (χ4v) is 3.44. The zero-order chi connectivity index (χ0) is 15.0. The maximum atomic E-state index is 6.32. The molecule has 1 saturated carbocycles. The maximum absolute atomic E-state index is 6.32. The van der Waals surface area contributed by atoms with Crippen molar-refractivity contribution in [3.63, 3.8) is 0 Å². The van der Waals surface area contributed by atoms with Crippen molar-refractivity contribution in [2.24, 2.45) is 0 Å². The lowest BCUT2D eigenvalue weighted by molar-refractivity contribution is 0.197. The topological polar surface area (TPSA) is 69.6 Å². The number of anilines is 1. The molecule has 1 aromatic carbocycles. The third kappa shape index (κ3) is 2.60. The van der Waals surface area contributed by atoms with Crippen LogP contribution < -0.4 is 5.73 Å². The molecule has 1 fully saturated rings. The molecule has 112 valence electrons. The van der Waals surface area contributed by atoms with E-state index in [2.05, 4.69) is 22.4 Å². The number of tetrazole rings is 1. The van der Waals surface area contributed by atoms with Crippen LogP contribution in [0.3, 0.4) is 0 Å². The van der Waals surface area contributed by atoms with E-state index in [9.17, 15) is 0 Å². The molecule has 1 aromatic heterocycles. The molecule has 3 rings (SSSR count). The highest BCUT2D eigenvalue weighted by Gasteiger charge is 2.33. The van der Waals surface area contributed by atoms with Crippen LogP contribution in [0.5, 0.6) is 0 Å². The smallest absolute Gasteiger partial charge is 0.184 e. The first kappa shape index (κ1) is 14.6. The van der Waals surface area contributed by atoms with Crippen molar-refractivity contribution < 1.29 is 0 Å². The molecule has 0 aliphatic heterocycles. The summed E-state index contributed by atoms with van der Waals surface area (Å²) < 4.78 is 1.88. The van der Waals surface area contributed by atoms with Gasteiger partial charge in [0, 0.05) is 11.3 Å². The Morgan fingerprint density at radius 3 is 2.62 bits per heavy atom. The molecular formula is C14H17Cl2N5. The number of aromatic nitrogens is 4. The van der Waals surface area contributed by atoms with Gasteiger partial charge in [0.2, 0.25) is 0 Å². The fraction of sp³-hybridized carbons (Fsp3) is 0.500. The van der Waals surface area contributed by atoms with Crippen LogP contribution in [0.2, 0.25) is 10.0 Å². The third-order valence-electron chi connectivity index (χ3n) is 4.20. The zero-order valence-electron chi connectivity index (χ0n) is 11.8. The Morgan fingerprint density at radius 2 is 1.90 bits per heavy atom. The second-order valence-electron chi connectivity index (χ2n) is 5.84. The van der Waals surface area contributed by atoms with Gasteiger partial charge in [0.1, 0.15) is 0 Å². The van der Waals surface area contributed by atoms with Gasteiger partial charge < -0.3 is 5.73 Å². The Labute approximate surface area is 133 Å². The molecule has 0 spiro atoms. The summed E-state index contributed by atoms with van der Waals surface area (Å²) in [6, 6.07) is 3.40. The Hall–Kier alpha value is -1.33. The van der Waals surface area contributed by atoms with E-state index in [1.54, 1.807) is 12.1 Å². The summed E-state index contributed by atoms with van der Waals surface area (Å²) in [4.78, 5) is 0. The summed E-state index contributed by atoms with van der Waals surface area (Å²) in [5.74, 6) is 0.624. The van der Waals surface area contributed by atoms with Crippen molar-refractivity contribution in [3.8, 4) is 11.4 Å². The number of hydrogen-bond acceptors (Lipinski definition) is 4. The molecular weight excluding hydrogens is 309 g/mol. The van der Waals surface area contributed by atoms with Crippen LogP contribution in [0, 0.1) is 0 Å². The molecule has 21 heavy (non-hydrogen) atoms. The second kappa shape index (κ2) is 5.46. The number of nitrogen functional groups attached to an aromatic ring is 1. The molecule has 0 atom stereocenters. The molecule has 0 saturated heterocycles. The summed E-state index contributed by atoms with van der Waals surface area (Å²) >= 11 is 12.4. The van der Waals surface area contributed by atoms with Gasteiger partial charge in [-0.15, -0.1) is 5.10 Å². The standard InChI is InChI=1S/C14H17Cl2N5/c1-14(5-3-2-4-6-14)21-13(18-19-20-21)10-7-9(17)8-11(15)12(10)16/h7-8H,2-6,17H2,1H3. The molecule has 2 N–H and O–H groups in total. The molecule has 1 aliphatic rings. The van der Waals surface area contributed by atoms with E-state index >= 15 is 0 Å². The molecule has 1 heterocycles. The quantitative estimate of drug-likeness (QED) is 0.850. The molecule has 0 bridgehead atoms. The van der Waals surface area contributed by atoms with Crippen molar-refractivity contribution >= 4 is 28.9 Å². The van der Waals surface area contributed by atoms with Crippen LogP contribution in [-0.4, -0.2) is 20.2 Å². The SMILES string of the molecule is CC1(n2nnnc2-c2cc(N)cc(Cl)c2Cl)CCCCC1. The predicted molar refractivity (Wildman–Crippen MR) is 84.4 cm³/mol. The minimum absolute atomic E-state index is 0.0858. The molecule has 0 unspecified atom stereocenters. The Morgan fingerprint density at radius 1 is 1.19 bits per heavy atom. The van der Waals surface area contributed by atoms with Crippen LogP contribution in [0.25, 0.3) is 11.4 Å². The van der Waals surface area contributed by atoms with E-state index in [1.165, 1.54) is 19.3 Å². The first-order chi connectivity index (χ1) is 10.0. The zero-order valence-corrected chi connectivity index (χ0v) is 13.3. The largest absolute Gasteiger partial charge is 0.399 e. The van der Waals surface area contributed by atoms with Crippen molar-refractivity contribution in [3.05, 3.63) is 22.2 Å². The predicted octanol–water partition coefficient (Wildman–Crippen LogP) is 3.91. The number of nitrogens with zero attached hydrogens (tertiary/aromatic N) is 4. The molecule has 1 aliphatic carbocycles. The Bertz CT molecular complexity index is 661. The van der Waals surface area contributed by atoms with Crippen molar-refractivity contribution in [1.82, 2.24) is 20.2 Å². The van der Waals surface area contributed by atoms with Gasteiger partial charge in [0.05, 0.1) is 15.6 Å². The number of benzene rings is 1. The Kier molecular flexibility index (Phi) is 3.80. The third-order valence-corrected chi connectivity index (χ3v) is 5.01. The van der Waals surface area contributed by atoms with Gasteiger partial charge >= 0.3 is 0 Å². The highest BCUT2D eigenvalue weighted by Crippen LogP contribution is 2.39. The minimum Gasteiger partial charge on any atom is -0.399 e. The summed E-state index contributed by atoms with van der Waals surface area (Å²) in [5.41, 5.74) is 7.01. The molecule has 2 aromatic rings. The van der Waals surface area contributed by atoms with Crippen LogP contribution in [0.4, 0.5) is 5.69 Å². The van der Waals surface area contributed by atoms with Crippen molar-refractivity contribution in [2.75, 3.05) is 5.73 Å². The van der Waals surface area contributed by atoms with E-state index in [1.807, 2.05) is 4.68 Å². The van der Waals surface area contributed by atoms with E-state index in [0.717, 1.165) is 12.8 Å². The fourth-order valence-electron chi connectivity index (χ4n) is 3.02. The van der Waals surface area contributed by atoms with Gasteiger partial charge in [-0.1, -0.05) is 42.5 Å². The van der Waals surface area contributed by atoms with Crippen molar-refractivity contribution in [1.29, 1.82) is 0 Å².